The Bertz CT molecular complexity index is 336. The van der Waals surface area contributed by atoms with Crippen LogP contribution in [0.5, 0.6) is 0 Å². The highest BCUT2D eigenvalue weighted by Crippen LogP contribution is 2.24. The number of aliphatic hydroxyl groups is 3. The van der Waals surface area contributed by atoms with E-state index in [1.165, 1.54) is 0 Å². The molecule has 26 heavy (non-hydrogen) atoms. The van der Waals surface area contributed by atoms with E-state index < -0.39 is 18.3 Å². The molecule has 0 rings (SSSR count). The highest BCUT2D eigenvalue weighted by molar-refractivity contribution is 4.78. The smallest absolute Gasteiger partial charge is 0.0834 e. The van der Waals surface area contributed by atoms with E-state index in [0.717, 1.165) is 19.3 Å². The van der Waals surface area contributed by atoms with E-state index in [-0.39, 0.29) is 30.0 Å². The van der Waals surface area contributed by atoms with Crippen molar-refractivity contribution in [2.24, 2.45) is 17.8 Å². The summed E-state index contributed by atoms with van der Waals surface area (Å²) in [7, 11) is 0. The van der Waals surface area contributed by atoms with Gasteiger partial charge >= 0.3 is 0 Å². The SMILES string of the molecule is CCCC(OC(C)CCOCC(C)C(C)C(O)C(C)C(O)CC)C(C)O. The molecular formula is C21H44O5. The van der Waals surface area contributed by atoms with Crippen LogP contribution in [-0.4, -0.2) is 59.1 Å². The van der Waals surface area contributed by atoms with Crippen molar-refractivity contribution in [3.63, 3.8) is 0 Å². The molecule has 8 atom stereocenters. The van der Waals surface area contributed by atoms with Gasteiger partial charge in [0.15, 0.2) is 0 Å². The first kappa shape index (κ1) is 25.8. The molecule has 158 valence electrons. The molecular weight excluding hydrogens is 332 g/mol. The van der Waals surface area contributed by atoms with Crippen molar-refractivity contribution < 1.29 is 24.8 Å². The molecule has 3 N–H and O–H groups in total. The first-order chi connectivity index (χ1) is 12.1. The van der Waals surface area contributed by atoms with Crippen molar-refractivity contribution in [3.8, 4) is 0 Å². The lowest BCUT2D eigenvalue weighted by Gasteiger charge is -2.31. The fourth-order valence-corrected chi connectivity index (χ4v) is 3.16. The number of aliphatic hydroxyl groups excluding tert-OH is 3. The molecule has 0 saturated carbocycles. The van der Waals surface area contributed by atoms with Crippen LogP contribution >= 0.6 is 0 Å². The van der Waals surface area contributed by atoms with Gasteiger partial charge in [0.2, 0.25) is 0 Å². The zero-order valence-electron chi connectivity index (χ0n) is 18.0. The molecule has 0 spiro atoms. The van der Waals surface area contributed by atoms with Crippen molar-refractivity contribution >= 4 is 0 Å². The van der Waals surface area contributed by atoms with Crippen LogP contribution in [0.2, 0.25) is 0 Å². The Morgan fingerprint density at radius 2 is 1.46 bits per heavy atom. The van der Waals surface area contributed by atoms with Gasteiger partial charge in [-0.05, 0) is 44.9 Å². The molecule has 5 nitrogen and oxygen atoms in total. The maximum absolute atomic E-state index is 10.4. The third-order valence-corrected chi connectivity index (χ3v) is 5.57. The quantitative estimate of drug-likeness (QED) is 0.382. The summed E-state index contributed by atoms with van der Waals surface area (Å²) >= 11 is 0. The Kier molecular flexibility index (Phi) is 13.8. The van der Waals surface area contributed by atoms with Gasteiger partial charge in [-0.25, -0.2) is 0 Å². The Labute approximate surface area is 161 Å². The third kappa shape index (κ3) is 9.65. The summed E-state index contributed by atoms with van der Waals surface area (Å²) in [4.78, 5) is 0. The Balaban J connectivity index is 4.15. The maximum Gasteiger partial charge on any atom is 0.0834 e. The summed E-state index contributed by atoms with van der Waals surface area (Å²) < 4.78 is 11.7. The summed E-state index contributed by atoms with van der Waals surface area (Å²) in [5.74, 6) is 0.129. The van der Waals surface area contributed by atoms with Crippen molar-refractivity contribution in [1.29, 1.82) is 0 Å². The number of hydrogen-bond acceptors (Lipinski definition) is 5. The van der Waals surface area contributed by atoms with Gasteiger partial charge in [0, 0.05) is 19.1 Å². The van der Waals surface area contributed by atoms with Gasteiger partial charge in [-0.1, -0.05) is 41.0 Å². The Morgan fingerprint density at radius 1 is 0.846 bits per heavy atom. The average Bonchev–Trinajstić information content (AvgIpc) is 2.61. The molecule has 0 heterocycles. The van der Waals surface area contributed by atoms with Crippen LogP contribution in [0.4, 0.5) is 0 Å². The molecule has 0 aromatic heterocycles. The van der Waals surface area contributed by atoms with Crippen LogP contribution in [0.3, 0.4) is 0 Å². The molecule has 0 radical (unpaired) electrons. The summed E-state index contributed by atoms with van der Waals surface area (Å²) in [6.45, 7) is 15.0. The fourth-order valence-electron chi connectivity index (χ4n) is 3.16. The van der Waals surface area contributed by atoms with E-state index in [4.69, 9.17) is 9.47 Å². The molecule has 0 amide bonds. The van der Waals surface area contributed by atoms with E-state index >= 15 is 0 Å². The summed E-state index contributed by atoms with van der Waals surface area (Å²) in [6.07, 6.45) is 1.74. The lowest BCUT2D eigenvalue weighted by molar-refractivity contribution is -0.0790. The molecule has 0 aromatic rings. The molecule has 8 unspecified atom stereocenters. The second-order valence-corrected chi connectivity index (χ2v) is 8.04. The molecule has 5 heteroatoms. The highest BCUT2D eigenvalue weighted by Gasteiger charge is 2.29. The highest BCUT2D eigenvalue weighted by atomic mass is 16.5. The second-order valence-electron chi connectivity index (χ2n) is 8.04. The minimum atomic E-state index is -0.536. The van der Waals surface area contributed by atoms with Gasteiger partial charge in [-0.2, -0.15) is 0 Å². The van der Waals surface area contributed by atoms with Crippen LogP contribution in [0.1, 0.15) is 74.1 Å². The molecule has 0 aliphatic rings. The van der Waals surface area contributed by atoms with Crippen molar-refractivity contribution in [2.45, 2.75) is 105 Å². The zero-order valence-corrected chi connectivity index (χ0v) is 18.0. The molecule has 0 fully saturated rings. The molecule has 0 aliphatic carbocycles. The van der Waals surface area contributed by atoms with E-state index in [0.29, 0.717) is 19.6 Å². The van der Waals surface area contributed by atoms with Crippen LogP contribution in [0, 0.1) is 17.8 Å². The van der Waals surface area contributed by atoms with E-state index in [2.05, 4.69) is 13.8 Å². The number of rotatable bonds is 15. The summed E-state index contributed by atoms with van der Waals surface area (Å²) in [5.41, 5.74) is 0. The van der Waals surface area contributed by atoms with Gasteiger partial charge < -0.3 is 24.8 Å². The normalized spacial score (nSPS) is 21.5. The van der Waals surface area contributed by atoms with Crippen LogP contribution < -0.4 is 0 Å². The topological polar surface area (TPSA) is 79.2 Å². The fraction of sp³-hybridized carbons (Fsp3) is 1.00. The minimum absolute atomic E-state index is 0.0409. The van der Waals surface area contributed by atoms with Crippen molar-refractivity contribution in [3.05, 3.63) is 0 Å². The monoisotopic (exact) mass is 376 g/mol. The Morgan fingerprint density at radius 3 is 1.96 bits per heavy atom. The lowest BCUT2D eigenvalue weighted by atomic mass is 9.82. The average molecular weight is 377 g/mol. The van der Waals surface area contributed by atoms with Crippen molar-refractivity contribution in [1.82, 2.24) is 0 Å². The first-order valence-corrected chi connectivity index (χ1v) is 10.4. The third-order valence-electron chi connectivity index (χ3n) is 5.57. The summed E-state index contributed by atoms with van der Waals surface area (Å²) in [5, 5.41) is 30.1. The van der Waals surface area contributed by atoms with E-state index in [9.17, 15) is 15.3 Å². The Hall–Kier alpha value is -0.200. The zero-order chi connectivity index (χ0) is 20.3. The molecule has 0 aromatic carbocycles. The number of hydrogen-bond donors (Lipinski definition) is 3. The largest absolute Gasteiger partial charge is 0.393 e. The van der Waals surface area contributed by atoms with Crippen LogP contribution in [-0.2, 0) is 9.47 Å². The first-order valence-electron chi connectivity index (χ1n) is 10.4. The van der Waals surface area contributed by atoms with Gasteiger partial charge in [-0.3, -0.25) is 0 Å². The maximum atomic E-state index is 10.4. The predicted octanol–water partition coefficient (Wildman–Crippen LogP) is 3.39. The second kappa shape index (κ2) is 13.9. The molecule has 0 bridgehead atoms. The van der Waals surface area contributed by atoms with Crippen molar-refractivity contribution in [2.75, 3.05) is 13.2 Å². The number of ether oxygens (including phenoxy) is 2. The lowest BCUT2D eigenvalue weighted by Crippen LogP contribution is -2.37. The van der Waals surface area contributed by atoms with E-state index in [1.54, 1.807) is 6.92 Å². The summed E-state index contributed by atoms with van der Waals surface area (Å²) in [6, 6.07) is 0. The van der Waals surface area contributed by atoms with Crippen LogP contribution in [0.15, 0.2) is 0 Å². The van der Waals surface area contributed by atoms with Gasteiger partial charge in [0.05, 0.1) is 30.5 Å². The molecule has 0 saturated heterocycles. The predicted molar refractivity (Wildman–Crippen MR) is 106 cm³/mol. The van der Waals surface area contributed by atoms with Crippen LogP contribution in [0.25, 0.3) is 0 Å². The van der Waals surface area contributed by atoms with Gasteiger partial charge in [0.1, 0.15) is 0 Å². The standard InChI is InChI=1S/C21H44O5/c1-8-10-20(18(7)22)26-15(4)11-12-25-13-14(3)16(5)21(24)17(6)19(23)9-2/h14-24H,8-13H2,1-7H3. The van der Waals surface area contributed by atoms with E-state index in [1.807, 2.05) is 27.7 Å². The van der Waals surface area contributed by atoms with Gasteiger partial charge in [0.25, 0.3) is 0 Å². The van der Waals surface area contributed by atoms with Gasteiger partial charge in [-0.15, -0.1) is 0 Å². The molecule has 0 aliphatic heterocycles. The minimum Gasteiger partial charge on any atom is -0.393 e.